The van der Waals surface area contributed by atoms with E-state index >= 15 is 0 Å². The van der Waals surface area contributed by atoms with Crippen molar-refractivity contribution in [1.29, 1.82) is 0 Å². The van der Waals surface area contributed by atoms with E-state index < -0.39 is 0 Å². The van der Waals surface area contributed by atoms with Gasteiger partial charge in [-0.25, -0.2) is 0 Å². The highest BCUT2D eigenvalue weighted by Crippen LogP contribution is 2.35. The fourth-order valence-electron chi connectivity index (χ4n) is 3.96. The maximum absolute atomic E-state index is 5.83. The van der Waals surface area contributed by atoms with Gasteiger partial charge in [0.25, 0.3) is 0 Å². The highest BCUT2D eigenvalue weighted by Gasteiger charge is 2.35. The summed E-state index contributed by atoms with van der Waals surface area (Å²) < 4.78 is 17.1. The number of hydrogen-bond donors (Lipinski definition) is 1. The van der Waals surface area contributed by atoms with Gasteiger partial charge in [0.05, 0.1) is 13.2 Å². The number of benzene rings is 2. The molecule has 0 saturated carbocycles. The predicted octanol–water partition coefficient (Wildman–Crippen LogP) is 3.72. The highest BCUT2D eigenvalue weighted by atomic mass is 16.5. The van der Waals surface area contributed by atoms with E-state index in [-0.39, 0.29) is 5.41 Å². The summed E-state index contributed by atoms with van der Waals surface area (Å²) in [6, 6.07) is 18.4. The van der Waals surface area contributed by atoms with E-state index in [1.54, 1.807) is 0 Å². The van der Waals surface area contributed by atoms with E-state index in [4.69, 9.17) is 14.2 Å². The molecule has 1 saturated heterocycles. The fourth-order valence-corrected chi connectivity index (χ4v) is 3.96. The van der Waals surface area contributed by atoms with Crippen LogP contribution in [0, 0.1) is 0 Å². The van der Waals surface area contributed by atoms with Crippen LogP contribution in [0.2, 0.25) is 0 Å². The second-order valence-corrected chi connectivity index (χ2v) is 7.83. The Bertz CT molecular complexity index is 803. The minimum atomic E-state index is 0.0142. The van der Waals surface area contributed by atoms with Crippen molar-refractivity contribution in [2.24, 2.45) is 4.99 Å². The third kappa shape index (κ3) is 6.37. The molecule has 1 N–H and O–H groups in total. The monoisotopic (exact) mass is 425 g/mol. The molecule has 0 spiro atoms. The van der Waals surface area contributed by atoms with Crippen LogP contribution in [-0.2, 0) is 10.2 Å². The van der Waals surface area contributed by atoms with Crippen LogP contribution in [0.1, 0.15) is 25.3 Å². The standard InChI is InChI=1S/C25H35N3O3/c1-4-30-23-12-10-21(11-13-23)25(14-17-29-18-15-25)20-27-24(26-2)28(3)16-19-31-22-8-6-5-7-9-22/h5-13H,4,14-20H2,1-3H3,(H,26,27). The van der Waals surface area contributed by atoms with Gasteiger partial charge in [-0.15, -0.1) is 0 Å². The van der Waals surface area contributed by atoms with Gasteiger partial charge in [0, 0.05) is 39.3 Å². The summed E-state index contributed by atoms with van der Waals surface area (Å²) >= 11 is 0. The van der Waals surface area contributed by atoms with Crippen LogP contribution in [0.5, 0.6) is 11.5 Å². The smallest absolute Gasteiger partial charge is 0.193 e. The van der Waals surface area contributed by atoms with Gasteiger partial charge in [-0.3, -0.25) is 4.99 Å². The van der Waals surface area contributed by atoms with Gasteiger partial charge in [0.2, 0.25) is 0 Å². The molecule has 0 atom stereocenters. The van der Waals surface area contributed by atoms with Crippen LogP contribution in [0.15, 0.2) is 59.6 Å². The molecule has 1 fully saturated rings. The average molecular weight is 426 g/mol. The lowest BCUT2D eigenvalue weighted by atomic mass is 9.74. The van der Waals surface area contributed by atoms with Gasteiger partial charge >= 0.3 is 0 Å². The molecule has 2 aromatic rings. The van der Waals surface area contributed by atoms with E-state index in [0.717, 1.165) is 56.6 Å². The number of likely N-dealkylation sites (N-methyl/N-ethyl adjacent to an activating group) is 1. The van der Waals surface area contributed by atoms with Gasteiger partial charge in [-0.2, -0.15) is 0 Å². The van der Waals surface area contributed by atoms with Crippen LogP contribution in [-0.4, -0.2) is 64.5 Å². The SMILES string of the molecule is CCOc1ccc(C2(CNC(=NC)N(C)CCOc3ccccc3)CCOCC2)cc1. The summed E-state index contributed by atoms with van der Waals surface area (Å²) in [7, 11) is 3.86. The second kappa shape index (κ2) is 11.6. The van der Waals surface area contributed by atoms with Crippen LogP contribution >= 0.6 is 0 Å². The summed E-state index contributed by atoms with van der Waals surface area (Å²) in [6.45, 7) is 6.37. The Kier molecular flexibility index (Phi) is 8.59. The lowest BCUT2D eigenvalue weighted by Gasteiger charge is -2.39. The van der Waals surface area contributed by atoms with E-state index in [9.17, 15) is 0 Å². The molecule has 1 aliphatic rings. The molecule has 3 rings (SSSR count). The Hall–Kier alpha value is -2.73. The zero-order valence-corrected chi connectivity index (χ0v) is 19.0. The zero-order valence-electron chi connectivity index (χ0n) is 19.0. The molecular weight excluding hydrogens is 390 g/mol. The van der Waals surface area contributed by atoms with E-state index in [0.29, 0.717) is 13.2 Å². The maximum Gasteiger partial charge on any atom is 0.193 e. The minimum absolute atomic E-state index is 0.0142. The topological polar surface area (TPSA) is 55.3 Å². The molecule has 168 valence electrons. The molecule has 6 heteroatoms. The predicted molar refractivity (Wildman–Crippen MR) is 125 cm³/mol. The van der Waals surface area contributed by atoms with Gasteiger partial charge in [-0.1, -0.05) is 30.3 Å². The highest BCUT2D eigenvalue weighted by molar-refractivity contribution is 5.79. The first-order valence-electron chi connectivity index (χ1n) is 11.1. The number of aliphatic imine (C=N–C) groups is 1. The maximum atomic E-state index is 5.83. The average Bonchev–Trinajstić information content (AvgIpc) is 2.81. The Balaban J connectivity index is 1.60. The molecule has 2 aromatic carbocycles. The Morgan fingerprint density at radius 3 is 2.35 bits per heavy atom. The van der Waals surface area contributed by atoms with Gasteiger partial charge in [-0.05, 0) is 49.6 Å². The van der Waals surface area contributed by atoms with Crippen molar-refractivity contribution in [2.45, 2.75) is 25.2 Å². The number of nitrogens with one attached hydrogen (secondary N) is 1. The Labute approximate surface area is 186 Å². The van der Waals surface area contributed by atoms with Gasteiger partial charge < -0.3 is 24.4 Å². The fraction of sp³-hybridized carbons (Fsp3) is 0.480. The van der Waals surface area contributed by atoms with Crippen LogP contribution in [0.25, 0.3) is 0 Å². The van der Waals surface area contributed by atoms with Crippen molar-refractivity contribution >= 4 is 5.96 Å². The lowest BCUT2D eigenvalue weighted by molar-refractivity contribution is 0.0512. The van der Waals surface area contributed by atoms with Gasteiger partial charge in [0.15, 0.2) is 5.96 Å². The van der Waals surface area contributed by atoms with Crippen molar-refractivity contribution in [1.82, 2.24) is 10.2 Å². The van der Waals surface area contributed by atoms with Crippen LogP contribution in [0.4, 0.5) is 0 Å². The molecule has 0 aromatic heterocycles. The van der Waals surface area contributed by atoms with E-state index in [1.165, 1.54) is 5.56 Å². The number of nitrogens with zero attached hydrogens (tertiary/aromatic N) is 2. The summed E-state index contributed by atoms with van der Waals surface area (Å²) in [5.74, 6) is 2.67. The van der Waals surface area contributed by atoms with E-state index in [2.05, 4.69) is 39.5 Å². The molecule has 0 radical (unpaired) electrons. The van der Waals surface area contributed by atoms with E-state index in [1.807, 2.05) is 51.4 Å². The quantitative estimate of drug-likeness (QED) is 0.490. The number of para-hydroxylation sites is 1. The summed E-state index contributed by atoms with van der Waals surface area (Å²) in [6.07, 6.45) is 1.96. The molecule has 0 aliphatic carbocycles. The second-order valence-electron chi connectivity index (χ2n) is 7.83. The number of ether oxygens (including phenoxy) is 3. The third-order valence-electron chi connectivity index (χ3n) is 5.82. The first-order chi connectivity index (χ1) is 15.2. The third-order valence-corrected chi connectivity index (χ3v) is 5.82. The van der Waals surface area contributed by atoms with Gasteiger partial charge in [0.1, 0.15) is 18.1 Å². The van der Waals surface area contributed by atoms with Crippen LogP contribution in [0.3, 0.4) is 0 Å². The number of hydrogen-bond acceptors (Lipinski definition) is 4. The van der Waals surface area contributed by atoms with Crippen molar-refractivity contribution in [2.75, 3.05) is 53.6 Å². The molecule has 0 unspecified atom stereocenters. The molecule has 1 aliphatic heterocycles. The lowest BCUT2D eigenvalue weighted by Crippen LogP contribution is -2.49. The summed E-state index contributed by atoms with van der Waals surface area (Å²) in [5, 5.41) is 3.60. The Morgan fingerprint density at radius 1 is 1.03 bits per heavy atom. The van der Waals surface area contributed by atoms with Crippen LogP contribution < -0.4 is 14.8 Å². The molecule has 0 amide bonds. The summed E-state index contributed by atoms with van der Waals surface area (Å²) in [5.41, 5.74) is 1.33. The molecule has 31 heavy (non-hydrogen) atoms. The largest absolute Gasteiger partial charge is 0.494 e. The first-order valence-corrected chi connectivity index (χ1v) is 11.1. The first kappa shape index (κ1) is 22.9. The van der Waals surface area contributed by atoms with Crippen molar-refractivity contribution in [3.63, 3.8) is 0 Å². The van der Waals surface area contributed by atoms with Crippen molar-refractivity contribution < 1.29 is 14.2 Å². The molecular formula is C25H35N3O3. The zero-order chi connectivity index (χ0) is 21.9. The summed E-state index contributed by atoms with van der Waals surface area (Å²) in [4.78, 5) is 6.59. The van der Waals surface area contributed by atoms with Crippen molar-refractivity contribution in [3.8, 4) is 11.5 Å². The normalized spacial score (nSPS) is 15.9. The number of rotatable bonds is 9. The minimum Gasteiger partial charge on any atom is -0.494 e. The van der Waals surface area contributed by atoms with Crippen molar-refractivity contribution in [3.05, 3.63) is 60.2 Å². The number of guanidine groups is 1. The molecule has 6 nitrogen and oxygen atoms in total. The molecule has 0 bridgehead atoms. The Morgan fingerprint density at radius 2 is 1.71 bits per heavy atom. The molecule has 1 heterocycles.